The first-order valence-electron chi connectivity index (χ1n) is 2.19. The second-order valence-electron chi connectivity index (χ2n) is 1.27. The predicted octanol–water partition coefficient (Wildman–Crippen LogP) is 0.983. The first kappa shape index (κ1) is 5.31. The summed E-state index contributed by atoms with van der Waals surface area (Å²) in [7, 11) is 3.16. The van der Waals surface area contributed by atoms with Crippen molar-refractivity contribution >= 4 is 0 Å². The van der Waals surface area contributed by atoms with E-state index in [0.29, 0.717) is 12.5 Å². The Labute approximate surface area is 47.3 Å². The molecule has 1 aromatic heterocycles. The van der Waals surface area contributed by atoms with Gasteiger partial charge in [-0.25, -0.2) is 4.98 Å². The minimum atomic E-state index is 0.340. The van der Waals surface area contributed by atoms with Crippen molar-refractivity contribution in [2.75, 3.05) is 0 Å². The van der Waals surface area contributed by atoms with E-state index in [1.807, 2.05) is 0 Å². The molecule has 0 bridgehead atoms. The Morgan fingerprint density at radius 1 is 1.88 bits per heavy atom. The third-order valence-electron chi connectivity index (χ3n) is 0.709. The van der Waals surface area contributed by atoms with Crippen LogP contribution < -0.4 is 0 Å². The average Bonchev–Trinajstić information content (AvgIpc) is 2.19. The average molecular weight is 112 g/mol. The van der Waals surface area contributed by atoms with Gasteiger partial charge in [0, 0.05) is 0 Å². The van der Waals surface area contributed by atoms with Gasteiger partial charge in [-0.3, -0.25) is 0 Å². The van der Waals surface area contributed by atoms with Crippen LogP contribution in [0, 0.1) is 7.11 Å². The van der Waals surface area contributed by atoms with Gasteiger partial charge < -0.3 is 9.15 Å². The van der Waals surface area contributed by atoms with Gasteiger partial charge in [0.25, 0.3) is 0 Å². The molecule has 0 atom stereocenters. The molecule has 1 rings (SSSR count). The molecule has 0 fully saturated rings. The summed E-state index contributed by atoms with van der Waals surface area (Å²) in [6.07, 6.45) is 3.06. The normalized spacial score (nSPS) is 9.62. The second-order valence-corrected chi connectivity index (χ2v) is 1.27. The van der Waals surface area contributed by atoms with Gasteiger partial charge in [0.15, 0.2) is 0 Å². The molecule has 0 amide bonds. The Morgan fingerprint density at radius 2 is 2.75 bits per heavy atom. The number of nitrogens with zero attached hydrogens (tertiary/aromatic N) is 1. The highest BCUT2D eigenvalue weighted by Gasteiger charge is 1.91. The Kier molecular flexibility index (Phi) is 1.64. The molecule has 43 valence electrons. The number of rotatable bonds is 2. The number of hydrogen-bond donors (Lipinski definition) is 0. The van der Waals surface area contributed by atoms with E-state index in [2.05, 4.69) is 16.8 Å². The SMILES string of the molecule is [CH2]OCc1ncco1. The molecule has 0 N–H and O–H groups in total. The van der Waals surface area contributed by atoms with Crippen LogP contribution in [0.25, 0.3) is 0 Å². The standard InChI is InChI=1S/C5H6NO2/c1-7-4-5-6-2-3-8-5/h2-3H,1,4H2. The maximum Gasteiger partial charge on any atom is 0.219 e. The highest BCUT2D eigenvalue weighted by atomic mass is 16.5. The fourth-order valence-corrected chi connectivity index (χ4v) is 0.412. The van der Waals surface area contributed by atoms with Gasteiger partial charge in [-0.15, -0.1) is 0 Å². The Morgan fingerprint density at radius 3 is 3.25 bits per heavy atom. The van der Waals surface area contributed by atoms with Gasteiger partial charge in [0.05, 0.1) is 13.3 Å². The summed E-state index contributed by atoms with van der Waals surface area (Å²) < 4.78 is 9.28. The van der Waals surface area contributed by atoms with Gasteiger partial charge in [0.2, 0.25) is 5.89 Å². The van der Waals surface area contributed by atoms with E-state index < -0.39 is 0 Å². The lowest BCUT2D eigenvalue weighted by atomic mass is 10.7. The van der Waals surface area contributed by atoms with Crippen molar-refractivity contribution in [2.24, 2.45) is 0 Å². The number of aromatic nitrogens is 1. The van der Waals surface area contributed by atoms with Crippen LogP contribution in [-0.2, 0) is 11.3 Å². The van der Waals surface area contributed by atoms with Crippen LogP contribution in [0.3, 0.4) is 0 Å². The van der Waals surface area contributed by atoms with Crippen molar-refractivity contribution in [3.8, 4) is 0 Å². The topological polar surface area (TPSA) is 35.3 Å². The molecule has 3 nitrogen and oxygen atoms in total. The summed E-state index contributed by atoms with van der Waals surface area (Å²) in [6.45, 7) is 0.340. The van der Waals surface area contributed by atoms with E-state index in [1.54, 1.807) is 6.20 Å². The maximum absolute atomic E-state index is 4.80. The zero-order chi connectivity index (χ0) is 5.82. The lowest BCUT2D eigenvalue weighted by Crippen LogP contribution is -1.82. The van der Waals surface area contributed by atoms with Gasteiger partial charge in [0.1, 0.15) is 12.9 Å². The summed E-state index contributed by atoms with van der Waals surface area (Å²) in [4.78, 5) is 3.77. The van der Waals surface area contributed by atoms with Crippen molar-refractivity contribution in [1.82, 2.24) is 4.98 Å². The Bertz CT molecular complexity index is 136. The van der Waals surface area contributed by atoms with Gasteiger partial charge >= 0.3 is 0 Å². The molecule has 3 heteroatoms. The highest BCUT2D eigenvalue weighted by Crippen LogP contribution is 1.94. The summed E-state index contributed by atoms with van der Waals surface area (Å²) in [5, 5.41) is 0. The molecule has 1 radical (unpaired) electrons. The summed E-state index contributed by atoms with van der Waals surface area (Å²) in [6, 6.07) is 0. The minimum absolute atomic E-state index is 0.340. The first-order chi connectivity index (χ1) is 3.93. The van der Waals surface area contributed by atoms with Gasteiger partial charge in [-0.2, -0.15) is 0 Å². The Balaban J connectivity index is 2.50. The van der Waals surface area contributed by atoms with Crippen molar-refractivity contribution in [3.63, 3.8) is 0 Å². The molecule has 0 aliphatic heterocycles. The molecule has 8 heavy (non-hydrogen) atoms. The smallest absolute Gasteiger partial charge is 0.219 e. The molecule has 0 aromatic carbocycles. The molecule has 0 spiro atoms. The molecule has 1 aromatic rings. The number of hydrogen-bond acceptors (Lipinski definition) is 3. The third kappa shape index (κ3) is 1.07. The fraction of sp³-hybridized carbons (Fsp3) is 0.200. The zero-order valence-corrected chi connectivity index (χ0v) is 4.33. The van der Waals surface area contributed by atoms with E-state index in [1.165, 1.54) is 6.26 Å². The van der Waals surface area contributed by atoms with Crippen molar-refractivity contribution in [1.29, 1.82) is 0 Å². The molecule has 0 unspecified atom stereocenters. The van der Waals surface area contributed by atoms with Crippen LogP contribution in [0.5, 0.6) is 0 Å². The van der Waals surface area contributed by atoms with E-state index in [4.69, 9.17) is 4.42 Å². The second kappa shape index (κ2) is 2.47. The van der Waals surface area contributed by atoms with Crippen LogP contribution >= 0.6 is 0 Å². The van der Waals surface area contributed by atoms with Crippen molar-refractivity contribution in [2.45, 2.75) is 6.61 Å². The van der Waals surface area contributed by atoms with E-state index in [-0.39, 0.29) is 0 Å². The maximum atomic E-state index is 4.80. The fourth-order valence-electron chi connectivity index (χ4n) is 0.412. The van der Waals surface area contributed by atoms with Gasteiger partial charge in [-0.1, -0.05) is 0 Å². The monoisotopic (exact) mass is 112 g/mol. The van der Waals surface area contributed by atoms with Crippen molar-refractivity contribution in [3.05, 3.63) is 25.5 Å². The first-order valence-corrected chi connectivity index (χ1v) is 2.19. The highest BCUT2D eigenvalue weighted by molar-refractivity contribution is 4.75. The van der Waals surface area contributed by atoms with Crippen LogP contribution in [0.4, 0.5) is 0 Å². The Hall–Kier alpha value is -0.830. The number of ether oxygens (including phenoxy) is 1. The number of oxazole rings is 1. The third-order valence-corrected chi connectivity index (χ3v) is 0.709. The zero-order valence-electron chi connectivity index (χ0n) is 4.33. The molecular formula is C5H6NO2. The summed E-state index contributed by atoms with van der Waals surface area (Å²) in [5.41, 5.74) is 0. The van der Waals surface area contributed by atoms with Crippen LogP contribution in [-0.4, -0.2) is 4.98 Å². The van der Waals surface area contributed by atoms with E-state index in [0.717, 1.165) is 0 Å². The predicted molar refractivity (Wildman–Crippen MR) is 26.6 cm³/mol. The minimum Gasteiger partial charge on any atom is -0.446 e. The largest absolute Gasteiger partial charge is 0.446 e. The molecular weight excluding hydrogens is 106 g/mol. The lowest BCUT2D eigenvalue weighted by molar-refractivity contribution is 0.198. The molecule has 0 saturated heterocycles. The molecule has 0 aliphatic rings. The molecule has 0 aliphatic carbocycles. The summed E-state index contributed by atoms with van der Waals surface area (Å²) >= 11 is 0. The van der Waals surface area contributed by atoms with Crippen LogP contribution in [0.2, 0.25) is 0 Å². The lowest BCUT2D eigenvalue weighted by Gasteiger charge is -1.86. The van der Waals surface area contributed by atoms with Crippen molar-refractivity contribution < 1.29 is 9.15 Å². The van der Waals surface area contributed by atoms with E-state index >= 15 is 0 Å². The molecule has 1 heterocycles. The quantitative estimate of drug-likeness (QED) is 0.572. The van der Waals surface area contributed by atoms with Crippen LogP contribution in [0.15, 0.2) is 16.9 Å². The molecule has 0 saturated carbocycles. The van der Waals surface area contributed by atoms with E-state index in [9.17, 15) is 0 Å². The summed E-state index contributed by atoms with van der Waals surface area (Å²) in [5.74, 6) is 0.556. The van der Waals surface area contributed by atoms with Crippen LogP contribution in [0.1, 0.15) is 5.89 Å². The van der Waals surface area contributed by atoms with Gasteiger partial charge in [-0.05, 0) is 0 Å².